The lowest BCUT2D eigenvalue weighted by Crippen LogP contribution is -1.94. The number of nitriles is 1. The van der Waals surface area contributed by atoms with E-state index < -0.39 is 0 Å². The Bertz CT molecular complexity index is 1250. The average molecular weight is 457 g/mol. The third kappa shape index (κ3) is 6.45. The number of alkyl halides is 2. The molecule has 0 radical (unpaired) electrons. The first kappa shape index (κ1) is 21.6. The van der Waals surface area contributed by atoms with Gasteiger partial charge in [-0.2, -0.15) is 5.26 Å². The minimum atomic E-state index is 0.291. The van der Waals surface area contributed by atoms with Crippen LogP contribution in [0.5, 0.6) is 5.75 Å². The standard InChI is InChI=1S/C25H11BrClNO/c1-2-3-4-5-6-7-8-9-13-29-24-12-10-11-20(15-24)25-16-21(17-26)23(19-28)14-22(25)18-27/h1,10-12,14-16H,17-18H2. The summed E-state index contributed by atoms with van der Waals surface area (Å²) in [7, 11) is 0. The summed E-state index contributed by atoms with van der Waals surface area (Å²) in [6.45, 7) is 0. The van der Waals surface area contributed by atoms with Gasteiger partial charge in [-0.15, -0.1) is 18.0 Å². The molecule has 0 heterocycles. The van der Waals surface area contributed by atoms with Crippen LogP contribution in [-0.4, -0.2) is 0 Å². The zero-order valence-electron chi connectivity index (χ0n) is 15.1. The van der Waals surface area contributed by atoms with Crippen molar-refractivity contribution in [3.63, 3.8) is 0 Å². The third-order valence-corrected chi connectivity index (χ3v) is 4.44. The normalized spacial score (nSPS) is 8.14. The molecular formula is C25H11BrClNO. The van der Waals surface area contributed by atoms with Crippen LogP contribution >= 0.6 is 27.5 Å². The van der Waals surface area contributed by atoms with Crippen LogP contribution in [0, 0.1) is 71.2 Å². The maximum atomic E-state index is 9.30. The van der Waals surface area contributed by atoms with Gasteiger partial charge in [-0.3, -0.25) is 0 Å². The summed E-state index contributed by atoms with van der Waals surface area (Å²) in [5.74, 6) is 20.4. The summed E-state index contributed by atoms with van der Waals surface area (Å²) in [4.78, 5) is 0. The summed E-state index contributed by atoms with van der Waals surface area (Å²) in [5, 5.41) is 9.88. The maximum absolute atomic E-state index is 9.30. The molecule has 0 unspecified atom stereocenters. The van der Waals surface area contributed by atoms with Crippen LogP contribution in [-0.2, 0) is 11.2 Å². The second-order valence-electron chi connectivity index (χ2n) is 5.30. The predicted molar refractivity (Wildman–Crippen MR) is 119 cm³/mol. The Balaban J connectivity index is 2.24. The second-order valence-corrected chi connectivity index (χ2v) is 6.12. The Morgan fingerprint density at radius 1 is 0.966 bits per heavy atom. The Kier molecular flexibility index (Phi) is 8.86. The zero-order chi connectivity index (χ0) is 20.9. The van der Waals surface area contributed by atoms with Gasteiger partial charge in [0, 0.05) is 34.9 Å². The fourth-order valence-corrected chi connectivity index (χ4v) is 3.00. The molecule has 0 aliphatic carbocycles. The lowest BCUT2D eigenvalue weighted by atomic mass is 9.95. The molecule has 29 heavy (non-hydrogen) atoms. The summed E-state index contributed by atoms with van der Waals surface area (Å²) in [6.07, 6.45) is 7.48. The molecule has 0 fully saturated rings. The van der Waals surface area contributed by atoms with E-state index in [2.05, 4.69) is 75.5 Å². The number of nitrogens with zero attached hydrogens (tertiary/aromatic N) is 1. The molecule has 2 aromatic carbocycles. The molecule has 0 aliphatic rings. The van der Waals surface area contributed by atoms with Gasteiger partial charge in [0.25, 0.3) is 0 Å². The van der Waals surface area contributed by atoms with E-state index in [1.807, 2.05) is 30.3 Å². The highest BCUT2D eigenvalue weighted by molar-refractivity contribution is 9.08. The first-order valence-electron chi connectivity index (χ1n) is 8.14. The molecule has 0 N–H and O–H groups in total. The third-order valence-electron chi connectivity index (χ3n) is 3.55. The van der Waals surface area contributed by atoms with Crippen LogP contribution < -0.4 is 4.74 Å². The minimum absolute atomic E-state index is 0.291. The number of benzene rings is 2. The van der Waals surface area contributed by atoms with Crippen LogP contribution in [0.4, 0.5) is 0 Å². The average Bonchev–Trinajstić information content (AvgIpc) is 2.77. The number of halogens is 2. The van der Waals surface area contributed by atoms with Crippen molar-refractivity contribution < 1.29 is 4.74 Å². The number of ether oxygens (including phenoxy) is 1. The number of hydrogen-bond acceptors (Lipinski definition) is 2. The van der Waals surface area contributed by atoms with Crippen LogP contribution in [0.2, 0.25) is 0 Å². The zero-order valence-corrected chi connectivity index (χ0v) is 17.4. The van der Waals surface area contributed by atoms with E-state index in [0.29, 0.717) is 22.5 Å². The van der Waals surface area contributed by atoms with Crippen molar-refractivity contribution in [2.75, 3.05) is 0 Å². The number of rotatable bonds is 4. The molecule has 0 amide bonds. The Morgan fingerprint density at radius 2 is 1.69 bits per heavy atom. The van der Waals surface area contributed by atoms with Crippen LogP contribution in [0.25, 0.3) is 11.1 Å². The van der Waals surface area contributed by atoms with E-state index in [0.717, 1.165) is 22.3 Å². The van der Waals surface area contributed by atoms with Crippen molar-refractivity contribution in [3.05, 3.63) is 53.1 Å². The first-order valence-corrected chi connectivity index (χ1v) is 9.79. The van der Waals surface area contributed by atoms with Crippen molar-refractivity contribution in [3.8, 4) is 82.8 Å². The maximum Gasteiger partial charge on any atom is 0.140 e. The number of hydrogen-bond donors (Lipinski definition) is 0. The van der Waals surface area contributed by atoms with Gasteiger partial charge in [-0.05, 0) is 70.2 Å². The van der Waals surface area contributed by atoms with E-state index in [-0.39, 0.29) is 0 Å². The lowest BCUT2D eigenvalue weighted by molar-refractivity contribution is 0.520. The molecule has 0 bridgehead atoms. The highest BCUT2D eigenvalue weighted by Gasteiger charge is 2.11. The molecule has 2 aromatic rings. The Morgan fingerprint density at radius 3 is 2.34 bits per heavy atom. The van der Waals surface area contributed by atoms with Crippen molar-refractivity contribution >= 4 is 27.5 Å². The molecule has 136 valence electrons. The van der Waals surface area contributed by atoms with E-state index in [9.17, 15) is 5.26 Å². The fraction of sp³-hybridized carbons (Fsp3) is 0.0800. The van der Waals surface area contributed by atoms with Gasteiger partial charge in [-0.25, -0.2) is 0 Å². The van der Waals surface area contributed by atoms with E-state index >= 15 is 0 Å². The first-order chi connectivity index (χ1) is 14.2. The minimum Gasteiger partial charge on any atom is -0.407 e. The highest BCUT2D eigenvalue weighted by atomic mass is 79.9. The molecule has 0 aliphatic heterocycles. The predicted octanol–water partition coefficient (Wildman–Crippen LogP) is 4.84. The molecule has 0 saturated carbocycles. The van der Waals surface area contributed by atoms with Gasteiger partial charge in [-0.1, -0.05) is 28.1 Å². The molecule has 0 spiro atoms. The number of terminal acetylenes is 1. The van der Waals surface area contributed by atoms with E-state index in [1.54, 1.807) is 6.07 Å². The SMILES string of the molecule is C#CC#CC#CC#CC#COc1cccc(-c2cc(CBr)c(C#N)cc2CCl)c1. The molecular weight excluding hydrogens is 446 g/mol. The second kappa shape index (κ2) is 11.9. The molecule has 0 aromatic heterocycles. The lowest BCUT2D eigenvalue weighted by Gasteiger charge is -2.12. The van der Waals surface area contributed by atoms with Crippen molar-refractivity contribution in [1.82, 2.24) is 0 Å². The molecule has 2 rings (SSSR count). The van der Waals surface area contributed by atoms with Gasteiger partial charge >= 0.3 is 0 Å². The fourth-order valence-electron chi connectivity index (χ4n) is 2.31. The topological polar surface area (TPSA) is 33.0 Å². The van der Waals surface area contributed by atoms with Crippen LogP contribution in [0.3, 0.4) is 0 Å². The van der Waals surface area contributed by atoms with Crippen molar-refractivity contribution in [2.24, 2.45) is 0 Å². The summed E-state index contributed by atoms with van der Waals surface area (Å²) in [6, 6.07) is 13.4. The quantitative estimate of drug-likeness (QED) is 0.487. The molecule has 0 saturated heterocycles. The van der Waals surface area contributed by atoms with Crippen LogP contribution in [0.15, 0.2) is 36.4 Å². The smallest absolute Gasteiger partial charge is 0.140 e. The van der Waals surface area contributed by atoms with Gasteiger partial charge < -0.3 is 4.74 Å². The van der Waals surface area contributed by atoms with Gasteiger partial charge in [0.1, 0.15) is 11.9 Å². The molecule has 4 heteroatoms. The van der Waals surface area contributed by atoms with E-state index in [1.165, 1.54) is 0 Å². The summed E-state index contributed by atoms with van der Waals surface area (Å²) in [5.41, 5.74) is 4.22. The van der Waals surface area contributed by atoms with Crippen molar-refractivity contribution in [1.29, 1.82) is 5.26 Å². The summed E-state index contributed by atoms with van der Waals surface area (Å²) < 4.78 is 5.43. The van der Waals surface area contributed by atoms with Crippen LogP contribution in [0.1, 0.15) is 16.7 Å². The summed E-state index contributed by atoms with van der Waals surface area (Å²) >= 11 is 9.52. The van der Waals surface area contributed by atoms with Crippen molar-refractivity contribution in [2.45, 2.75) is 11.2 Å². The monoisotopic (exact) mass is 455 g/mol. The Labute approximate surface area is 184 Å². The van der Waals surface area contributed by atoms with E-state index in [4.69, 9.17) is 22.8 Å². The van der Waals surface area contributed by atoms with Gasteiger partial charge in [0.2, 0.25) is 0 Å². The van der Waals surface area contributed by atoms with Gasteiger partial charge in [0.15, 0.2) is 0 Å². The Hall–Kier alpha value is -3.70. The molecule has 2 nitrogen and oxygen atoms in total. The van der Waals surface area contributed by atoms with Gasteiger partial charge in [0.05, 0.1) is 11.6 Å². The highest BCUT2D eigenvalue weighted by Crippen LogP contribution is 2.31. The molecule has 0 atom stereocenters. The largest absolute Gasteiger partial charge is 0.407 e.